The third kappa shape index (κ3) is 7.13. The first-order chi connectivity index (χ1) is 13.3. The van der Waals surface area contributed by atoms with E-state index in [1.807, 2.05) is 32.7 Å². The number of aromatic nitrogens is 2. The highest BCUT2D eigenvalue weighted by atomic mass is 127. The van der Waals surface area contributed by atoms with Gasteiger partial charge < -0.3 is 15.5 Å². The summed E-state index contributed by atoms with van der Waals surface area (Å²) < 4.78 is 1.90. The second-order valence-electron chi connectivity index (χ2n) is 7.68. The molecule has 1 aliphatic heterocycles. The first kappa shape index (κ1) is 25.7. The van der Waals surface area contributed by atoms with Crippen LogP contribution < -0.4 is 10.6 Å². The van der Waals surface area contributed by atoms with Crippen LogP contribution in [0.3, 0.4) is 0 Å². The highest BCUT2D eigenvalue weighted by molar-refractivity contribution is 14.0. The van der Waals surface area contributed by atoms with Crippen LogP contribution in [0.25, 0.3) is 0 Å². The Bertz CT molecular complexity index is 687. The Balaban J connectivity index is 0.00000420. The molecule has 0 spiro atoms. The van der Waals surface area contributed by atoms with Crippen molar-refractivity contribution in [2.75, 3.05) is 40.3 Å². The van der Waals surface area contributed by atoms with Crippen molar-refractivity contribution in [2.45, 2.75) is 52.6 Å². The summed E-state index contributed by atoms with van der Waals surface area (Å²) in [6, 6.07) is 0.0495. The van der Waals surface area contributed by atoms with E-state index in [1.54, 1.807) is 4.90 Å². The lowest BCUT2D eigenvalue weighted by Crippen LogP contribution is -2.44. The van der Waals surface area contributed by atoms with E-state index >= 15 is 0 Å². The molecule has 0 saturated carbocycles. The number of guanidine groups is 1. The number of halogens is 1. The van der Waals surface area contributed by atoms with Crippen LogP contribution in [0.15, 0.2) is 4.99 Å². The first-order valence-corrected chi connectivity index (χ1v) is 10.3. The van der Waals surface area contributed by atoms with E-state index in [-0.39, 0.29) is 35.9 Å². The summed E-state index contributed by atoms with van der Waals surface area (Å²) in [6.07, 6.45) is 3.05. The molecule has 1 aromatic heterocycles. The summed E-state index contributed by atoms with van der Waals surface area (Å²) in [5.41, 5.74) is 3.37. The smallest absolute Gasteiger partial charge is 0.239 e. The highest BCUT2D eigenvalue weighted by Crippen LogP contribution is 2.18. The van der Waals surface area contributed by atoms with Crippen molar-refractivity contribution in [3.8, 4) is 0 Å². The van der Waals surface area contributed by atoms with E-state index in [0.717, 1.165) is 62.8 Å². The molecule has 0 radical (unpaired) electrons. The molecule has 2 heterocycles. The van der Waals surface area contributed by atoms with E-state index in [4.69, 9.17) is 4.99 Å². The van der Waals surface area contributed by atoms with Crippen LogP contribution in [0.2, 0.25) is 0 Å². The monoisotopic (exact) mass is 519 g/mol. The zero-order valence-electron chi connectivity index (χ0n) is 18.8. The highest BCUT2D eigenvalue weighted by Gasteiger charge is 2.30. The number of carbonyl (C=O) groups excluding carboxylic acids is 1. The van der Waals surface area contributed by atoms with Crippen molar-refractivity contribution in [3.63, 3.8) is 0 Å². The molecule has 166 valence electrons. The predicted octanol–water partition coefficient (Wildman–Crippen LogP) is 1.65. The molecule has 8 nitrogen and oxygen atoms in total. The van der Waals surface area contributed by atoms with Gasteiger partial charge in [0, 0.05) is 52.0 Å². The summed E-state index contributed by atoms with van der Waals surface area (Å²) >= 11 is 0. The van der Waals surface area contributed by atoms with Crippen LogP contribution in [0.1, 0.15) is 43.1 Å². The zero-order chi connectivity index (χ0) is 20.7. The summed E-state index contributed by atoms with van der Waals surface area (Å²) in [4.78, 5) is 21.0. The maximum absolute atomic E-state index is 12.3. The number of hydrogen-bond donors (Lipinski definition) is 2. The van der Waals surface area contributed by atoms with Gasteiger partial charge in [-0.3, -0.25) is 14.4 Å². The Kier molecular flexibility index (Phi) is 10.9. The standard InChI is InChI=1S/C20H37N7O.HI/c1-7-21-20(23-14-17-15(2)24-26(6)16(17)3)22-11-9-13-27-12-8-10-18(27)19(28)25(4)5;/h18H,7-14H2,1-6H3,(H2,21,22,23);1H. The Hall–Kier alpha value is -1.36. The first-order valence-electron chi connectivity index (χ1n) is 10.3. The SMILES string of the molecule is CCNC(=NCc1c(C)nn(C)c1C)NCCCN1CCCC1C(=O)N(C)C.I. The van der Waals surface area contributed by atoms with Crippen molar-refractivity contribution in [2.24, 2.45) is 12.0 Å². The molecule has 0 bridgehead atoms. The average molecular weight is 519 g/mol. The Morgan fingerprint density at radius 1 is 1.31 bits per heavy atom. The number of nitrogens with zero attached hydrogens (tertiary/aromatic N) is 5. The fourth-order valence-electron chi connectivity index (χ4n) is 3.71. The molecule has 0 aromatic carbocycles. The van der Waals surface area contributed by atoms with Gasteiger partial charge in [0.05, 0.1) is 18.3 Å². The van der Waals surface area contributed by atoms with Gasteiger partial charge in [0.15, 0.2) is 5.96 Å². The topological polar surface area (TPSA) is 77.8 Å². The number of aliphatic imine (C=N–C) groups is 1. The molecule has 1 fully saturated rings. The molecule has 1 atom stereocenters. The number of nitrogens with one attached hydrogen (secondary N) is 2. The summed E-state index contributed by atoms with van der Waals surface area (Å²) in [5, 5.41) is 11.2. The lowest BCUT2D eigenvalue weighted by Gasteiger charge is -2.26. The quantitative estimate of drug-likeness (QED) is 0.237. The Morgan fingerprint density at radius 2 is 2.03 bits per heavy atom. The second kappa shape index (κ2) is 12.4. The van der Waals surface area contributed by atoms with E-state index < -0.39 is 0 Å². The summed E-state index contributed by atoms with van der Waals surface area (Å²) in [6.45, 7) is 10.4. The van der Waals surface area contributed by atoms with E-state index in [1.165, 1.54) is 5.56 Å². The lowest BCUT2D eigenvalue weighted by molar-refractivity contribution is -0.133. The molecular weight excluding hydrogens is 481 g/mol. The molecule has 29 heavy (non-hydrogen) atoms. The van der Waals surface area contributed by atoms with Crippen LogP contribution in [0.5, 0.6) is 0 Å². The van der Waals surface area contributed by atoms with Crippen LogP contribution in [-0.4, -0.2) is 77.8 Å². The van der Waals surface area contributed by atoms with Crippen molar-refractivity contribution >= 4 is 35.8 Å². The third-order valence-corrected chi connectivity index (χ3v) is 5.40. The zero-order valence-corrected chi connectivity index (χ0v) is 21.1. The summed E-state index contributed by atoms with van der Waals surface area (Å²) in [5.74, 6) is 1.05. The van der Waals surface area contributed by atoms with Crippen molar-refractivity contribution < 1.29 is 4.79 Å². The van der Waals surface area contributed by atoms with Gasteiger partial charge in [-0.15, -0.1) is 24.0 Å². The van der Waals surface area contributed by atoms with Crippen LogP contribution in [0.4, 0.5) is 0 Å². The Morgan fingerprint density at radius 3 is 2.62 bits per heavy atom. The largest absolute Gasteiger partial charge is 0.357 e. The molecule has 2 N–H and O–H groups in total. The van der Waals surface area contributed by atoms with Gasteiger partial charge in [-0.2, -0.15) is 5.10 Å². The minimum atomic E-state index is 0. The van der Waals surface area contributed by atoms with Gasteiger partial charge >= 0.3 is 0 Å². The fraction of sp³-hybridized carbons (Fsp3) is 0.750. The normalized spacial score (nSPS) is 17.2. The molecule has 1 aliphatic rings. The maximum atomic E-state index is 12.3. The molecular formula is C20H38IN7O. The van der Waals surface area contributed by atoms with Gasteiger partial charge in [-0.25, -0.2) is 4.99 Å². The molecule has 0 aliphatic carbocycles. The lowest BCUT2D eigenvalue weighted by atomic mass is 10.2. The number of aryl methyl sites for hydroxylation is 2. The number of likely N-dealkylation sites (N-methyl/N-ethyl adjacent to an activating group) is 1. The van der Waals surface area contributed by atoms with E-state index in [9.17, 15) is 4.79 Å². The van der Waals surface area contributed by atoms with Gasteiger partial charge in [0.2, 0.25) is 5.91 Å². The number of hydrogen-bond acceptors (Lipinski definition) is 4. The van der Waals surface area contributed by atoms with Gasteiger partial charge in [0.1, 0.15) is 0 Å². The number of amides is 1. The minimum absolute atomic E-state index is 0. The van der Waals surface area contributed by atoms with Crippen molar-refractivity contribution in [3.05, 3.63) is 17.0 Å². The number of rotatable bonds is 8. The van der Waals surface area contributed by atoms with Gasteiger partial charge in [0.25, 0.3) is 0 Å². The van der Waals surface area contributed by atoms with Crippen LogP contribution in [-0.2, 0) is 18.4 Å². The Labute approximate surface area is 192 Å². The van der Waals surface area contributed by atoms with Crippen LogP contribution in [0, 0.1) is 13.8 Å². The van der Waals surface area contributed by atoms with Crippen LogP contribution >= 0.6 is 24.0 Å². The average Bonchev–Trinajstić information content (AvgIpc) is 3.21. The maximum Gasteiger partial charge on any atom is 0.239 e. The van der Waals surface area contributed by atoms with Crippen molar-refractivity contribution in [1.82, 2.24) is 30.2 Å². The minimum Gasteiger partial charge on any atom is -0.357 e. The van der Waals surface area contributed by atoms with E-state index in [2.05, 4.69) is 34.5 Å². The molecule has 1 unspecified atom stereocenters. The second-order valence-corrected chi connectivity index (χ2v) is 7.68. The third-order valence-electron chi connectivity index (χ3n) is 5.40. The molecule has 1 amide bonds. The number of carbonyl (C=O) groups is 1. The fourth-order valence-corrected chi connectivity index (χ4v) is 3.71. The van der Waals surface area contributed by atoms with Gasteiger partial charge in [-0.1, -0.05) is 0 Å². The molecule has 2 rings (SSSR count). The summed E-state index contributed by atoms with van der Waals surface area (Å²) in [7, 11) is 5.64. The van der Waals surface area contributed by atoms with Gasteiger partial charge in [-0.05, 0) is 46.6 Å². The molecule has 1 saturated heterocycles. The van der Waals surface area contributed by atoms with Crippen molar-refractivity contribution in [1.29, 1.82) is 0 Å². The number of likely N-dealkylation sites (tertiary alicyclic amines) is 1. The van der Waals surface area contributed by atoms with E-state index in [0.29, 0.717) is 6.54 Å². The molecule has 1 aromatic rings. The predicted molar refractivity (Wildman–Crippen MR) is 129 cm³/mol. The molecule has 9 heteroatoms.